The third kappa shape index (κ3) is 3.13. The van der Waals surface area contributed by atoms with Crippen molar-refractivity contribution < 1.29 is 9.59 Å². The Morgan fingerprint density at radius 2 is 1.68 bits per heavy atom. The molecular weight excluding hydrogens is 348 g/mol. The van der Waals surface area contributed by atoms with E-state index >= 15 is 0 Å². The number of rotatable bonds is 3. The third-order valence-corrected chi connectivity index (χ3v) is 5.84. The number of hydrogen-bond acceptors (Lipinski definition) is 3. The van der Waals surface area contributed by atoms with Crippen LogP contribution in [0, 0.1) is 19.8 Å². The third-order valence-electron chi connectivity index (χ3n) is 5.84. The summed E-state index contributed by atoms with van der Waals surface area (Å²) < 4.78 is 0. The van der Waals surface area contributed by atoms with E-state index in [1.165, 1.54) is 10.5 Å². The lowest BCUT2D eigenvalue weighted by atomic mass is 9.96. The first-order valence-corrected chi connectivity index (χ1v) is 9.98. The van der Waals surface area contributed by atoms with Gasteiger partial charge in [0, 0.05) is 13.1 Å². The van der Waals surface area contributed by atoms with Gasteiger partial charge in [-0.2, -0.15) is 0 Å². The highest BCUT2D eigenvalue weighted by Gasteiger charge is 2.43. The van der Waals surface area contributed by atoms with Crippen LogP contribution in [0.5, 0.6) is 0 Å². The first-order valence-electron chi connectivity index (χ1n) is 9.98. The van der Waals surface area contributed by atoms with Crippen molar-refractivity contribution in [3.63, 3.8) is 0 Å². The number of likely N-dealkylation sites (tertiary alicyclic amines) is 1. The Labute approximate surface area is 166 Å². The minimum Gasteiger partial charge on any atom is -0.366 e. The fourth-order valence-electron chi connectivity index (χ4n) is 4.17. The number of nitrogens with zero attached hydrogens (tertiary/aromatic N) is 2. The normalized spacial score (nSPS) is 20.3. The lowest BCUT2D eigenvalue weighted by Crippen LogP contribution is -2.39. The molecule has 4 heteroatoms. The van der Waals surface area contributed by atoms with Crippen molar-refractivity contribution in [2.24, 2.45) is 5.92 Å². The van der Waals surface area contributed by atoms with Crippen molar-refractivity contribution in [3.8, 4) is 0 Å². The van der Waals surface area contributed by atoms with Gasteiger partial charge < -0.3 is 4.90 Å². The van der Waals surface area contributed by atoms with Gasteiger partial charge in [0.2, 0.25) is 0 Å². The van der Waals surface area contributed by atoms with Gasteiger partial charge >= 0.3 is 0 Å². The van der Waals surface area contributed by atoms with Crippen LogP contribution in [0.3, 0.4) is 0 Å². The highest BCUT2D eigenvalue weighted by molar-refractivity contribution is 6.45. The molecule has 2 heterocycles. The van der Waals surface area contributed by atoms with Gasteiger partial charge in [0.1, 0.15) is 5.70 Å². The van der Waals surface area contributed by atoms with Gasteiger partial charge in [-0.25, -0.2) is 4.90 Å². The maximum Gasteiger partial charge on any atom is 0.282 e. The van der Waals surface area contributed by atoms with E-state index in [0.717, 1.165) is 37.1 Å². The summed E-state index contributed by atoms with van der Waals surface area (Å²) in [5.41, 5.74) is 4.84. The topological polar surface area (TPSA) is 40.6 Å². The summed E-state index contributed by atoms with van der Waals surface area (Å²) in [6.45, 7) is 7.93. The molecule has 2 aromatic carbocycles. The van der Waals surface area contributed by atoms with Gasteiger partial charge in [-0.1, -0.05) is 43.3 Å². The van der Waals surface area contributed by atoms with Crippen LogP contribution in [0.1, 0.15) is 36.5 Å². The highest BCUT2D eigenvalue weighted by atomic mass is 16.2. The van der Waals surface area contributed by atoms with Gasteiger partial charge in [-0.3, -0.25) is 9.59 Å². The lowest BCUT2D eigenvalue weighted by molar-refractivity contribution is -0.120. The van der Waals surface area contributed by atoms with E-state index < -0.39 is 0 Å². The van der Waals surface area contributed by atoms with E-state index in [2.05, 4.69) is 18.7 Å². The average molecular weight is 374 g/mol. The Balaban J connectivity index is 1.85. The van der Waals surface area contributed by atoms with Gasteiger partial charge in [-0.15, -0.1) is 0 Å². The minimum atomic E-state index is -0.229. The Morgan fingerprint density at radius 3 is 2.36 bits per heavy atom. The van der Waals surface area contributed by atoms with Crippen LogP contribution in [0.2, 0.25) is 0 Å². The number of amides is 2. The number of carbonyl (C=O) groups is 2. The predicted octanol–water partition coefficient (Wildman–Crippen LogP) is 4.32. The first kappa shape index (κ1) is 18.5. The molecule has 4 rings (SSSR count). The molecule has 4 nitrogen and oxygen atoms in total. The van der Waals surface area contributed by atoms with Gasteiger partial charge in [0.25, 0.3) is 11.8 Å². The zero-order valence-corrected chi connectivity index (χ0v) is 16.7. The number of aryl methyl sites for hydroxylation is 2. The number of piperidine rings is 1. The van der Waals surface area contributed by atoms with Gasteiger partial charge in [0.05, 0.1) is 11.3 Å². The first-order chi connectivity index (χ1) is 13.5. The summed E-state index contributed by atoms with van der Waals surface area (Å²) in [5, 5.41) is 0. The van der Waals surface area contributed by atoms with Crippen LogP contribution < -0.4 is 4.90 Å². The largest absolute Gasteiger partial charge is 0.366 e. The van der Waals surface area contributed by atoms with E-state index in [1.807, 2.05) is 55.5 Å². The van der Waals surface area contributed by atoms with E-state index in [1.54, 1.807) is 0 Å². The zero-order valence-electron chi connectivity index (χ0n) is 16.7. The highest BCUT2D eigenvalue weighted by Crippen LogP contribution is 2.36. The van der Waals surface area contributed by atoms with Gasteiger partial charge in [-0.05, 0) is 61.4 Å². The summed E-state index contributed by atoms with van der Waals surface area (Å²) in [5.74, 6) is 0.0714. The van der Waals surface area contributed by atoms with Crippen LogP contribution in [-0.2, 0) is 9.59 Å². The molecule has 0 radical (unpaired) electrons. The van der Waals surface area contributed by atoms with Crippen molar-refractivity contribution in [2.45, 2.75) is 33.6 Å². The molecule has 28 heavy (non-hydrogen) atoms. The number of imide groups is 1. The smallest absolute Gasteiger partial charge is 0.282 e. The second kappa shape index (κ2) is 7.27. The molecule has 2 aromatic rings. The van der Waals surface area contributed by atoms with E-state index in [0.29, 0.717) is 22.9 Å². The number of benzene rings is 2. The fourth-order valence-corrected chi connectivity index (χ4v) is 4.17. The van der Waals surface area contributed by atoms with Crippen LogP contribution >= 0.6 is 0 Å². The summed E-state index contributed by atoms with van der Waals surface area (Å²) in [6, 6.07) is 15.2. The standard InChI is InChI=1S/C24H26N2O2/c1-16-8-7-13-25(15-16)22-21(19-12-11-17(2)18(3)14-19)23(27)26(24(22)28)20-9-5-4-6-10-20/h4-6,9-12,14,16H,7-8,13,15H2,1-3H3. The maximum atomic E-state index is 13.5. The maximum absolute atomic E-state index is 13.5. The van der Waals surface area contributed by atoms with Crippen molar-refractivity contribution >= 4 is 23.1 Å². The van der Waals surface area contributed by atoms with Gasteiger partial charge in [0.15, 0.2) is 0 Å². The van der Waals surface area contributed by atoms with Crippen LogP contribution in [0.15, 0.2) is 54.2 Å². The quantitative estimate of drug-likeness (QED) is 0.751. The number of hydrogen-bond donors (Lipinski definition) is 0. The Hall–Kier alpha value is -2.88. The molecule has 1 fully saturated rings. The molecule has 144 valence electrons. The Bertz CT molecular complexity index is 962. The molecule has 0 spiro atoms. The molecule has 0 N–H and O–H groups in total. The van der Waals surface area contributed by atoms with Crippen molar-refractivity contribution in [1.82, 2.24) is 4.90 Å². The predicted molar refractivity (Wildman–Crippen MR) is 112 cm³/mol. The minimum absolute atomic E-state index is 0.210. The molecule has 2 aliphatic heterocycles. The molecule has 1 atom stereocenters. The molecule has 2 aliphatic rings. The fraction of sp³-hybridized carbons (Fsp3) is 0.333. The second-order valence-corrected chi connectivity index (χ2v) is 8.00. The summed E-state index contributed by atoms with van der Waals surface area (Å²) in [7, 11) is 0. The molecule has 0 aliphatic carbocycles. The van der Waals surface area contributed by atoms with Crippen LogP contribution in [0.25, 0.3) is 5.57 Å². The molecule has 0 aromatic heterocycles. The molecular formula is C24H26N2O2. The summed E-state index contributed by atoms with van der Waals surface area (Å²) in [6.07, 6.45) is 2.20. The SMILES string of the molecule is Cc1ccc(C2=C(N3CCCC(C)C3)C(=O)N(c3ccccc3)C2=O)cc1C. The monoisotopic (exact) mass is 374 g/mol. The van der Waals surface area contributed by atoms with E-state index in [-0.39, 0.29) is 11.8 Å². The average Bonchev–Trinajstić information content (AvgIpc) is 2.95. The van der Waals surface area contributed by atoms with Crippen molar-refractivity contribution in [2.75, 3.05) is 18.0 Å². The molecule has 0 saturated carbocycles. The van der Waals surface area contributed by atoms with Crippen LogP contribution in [0.4, 0.5) is 5.69 Å². The summed E-state index contributed by atoms with van der Waals surface area (Å²) in [4.78, 5) is 30.4. The number of carbonyl (C=O) groups excluding carboxylic acids is 2. The second-order valence-electron chi connectivity index (χ2n) is 8.00. The van der Waals surface area contributed by atoms with Crippen molar-refractivity contribution in [3.05, 3.63) is 70.9 Å². The summed E-state index contributed by atoms with van der Waals surface area (Å²) >= 11 is 0. The Morgan fingerprint density at radius 1 is 0.929 bits per heavy atom. The van der Waals surface area contributed by atoms with E-state index in [4.69, 9.17) is 0 Å². The Kier molecular flexibility index (Phi) is 4.80. The molecule has 1 saturated heterocycles. The molecule has 1 unspecified atom stereocenters. The van der Waals surface area contributed by atoms with Crippen LogP contribution in [-0.4, -0.2) is 29.8 Å². The van der Waals surface area contributed by atoms with E-state index in [9.17, 15) is 9.59 Å². The van der Waals surface area contributed by atoms with Crippen molar-refractivity contribution in [1.29, 1.82) is 0 Å². The lowest BCUT2D eigenvalue weighted by Gasteiger charge is -2.33. The molecule has 2 amide bonds. The number of anilines is 1. The molecule has 0 bridgehead atoms. The number of para-hydroxylation sites is 1. The zero-order chi connectivity index (χ0) is 19.8.